The molecule has 0 radical (unpaired) electrons. The fourth-order valence-electron chi connectivity index (χ4n) is 3.04. The zero-order chi connectivity index (χ0) is 24.2. The first-order chi connectivity index (χ1) is 16.3. The molecule has 4 aromatic rings. The Kier molecular flexibility index (Phi) is 7.82. The molecule has 4 rings (SSSR count). The van der Waals surface area contributed by atoms with Crippen LogP contribution in [0.4, 0.5) is 5.13 Å². The van der Waals surface area contributed by atoms with Crippen molar-refractivity contribution in [1.82, 2.24) is 15.0 Å². The number of nitrogens with zero attached hydrogens (tertiary/aromatic N) is 3. The standard InChI is InChI=1S/C23H21ClN4O3S3/c1-12(2)8-31-22(30)19-13(3)34-23(28-19)27-17(29)10-33-21-18-16(9-32-20(18)25-11-26-21)14-4-6-15(24)7-5-14/h4-7,9,11-12H,8,10H2,1-3H3,(H,27,28,29). The number of hydrogen-bond donors (Lipinski definition) is 1. The zero-order valence-corrected chi connectivity index (χ0v) is 21.8. The van der Waals surface area contributed by atoms with Crippen LogP contribution < -0.4 is 5.32 Å². The number of carbonyl (C=O) groups excluding carboxylic acids is 2. The third-order valence-electron chi connectivity index (χ3n) is 4.61. The van der Waals surface area contributed by atoms with Gasteiger partial charge in [-0.15, -0.1) is 22.7 Å². The number of benzene rings is 1. The van der Waals surface area contributed by atoms with Crippen LogP contribution in [-0.2, 0) is 9.53 Å². The van der Waals surface area contributed by atoms with Gasteiger partial charge < -0.3 is 10.1 Å². The zero-order valence-electron chi connectivity index (χ0n) is 18.6. The molecule has 176 valence electrons. The Morgan fingerprint density at radius 3 is 2.71 bits per heavy atom. The van der Waals surface area contributed by atoms with Crippen molar-refractivity contribution in [2.45, 2.75) is 25.8 Å². The predicted molar refractivity (Wildman–Crippen MR) is 139 cm³/mol. The van der Waals surface area contributed by atoms with Crippen LogP contribution in [0.5, 0.6) is 0 Å². The predicted octanol–water partition coefficient (Wildman–Crippen LogP) is 6.32. The van der Waals surface area contributed by atoms with Crippen LogP contribution in [0.2, 0.25) is 5.02 Å². The van der Waals surface area contributed by atoms with Crippen molar-refractivity contribution < 1.29 is 14.3 Å². The van der Waals surface area contributed by atoms with Crippen LogP contribution in [-0.4, -0.2) is 39.2 Å². The van der Waals surface area contributed by atoms with Crippen LogP contribution in [0.3, 0.4) is 0 Å². The summed E-state index contributed by atoms with van der Waals surface area (Å²) in [6.07, 6.45) is 1.50. The van der Waals surface area contributed by atoms with E-state index in [1.165, 1.54) is 40.8 Å². The van der Waals surface area contributed by atoms with Gasteiger partial charge in [-0.1, -0.05) is 49.3 Å². The summed E-state index contributed by atoms with van der Waals surface area (Å²) in [7, 11) is 0. The number of nitrogens with one attached hydrogen (secondary N) is 1. The van der Waals surface area contributed by atoms with Crippen molar-refractivity contribution in [2.24, 2.45) is 5.92 Å². The van der Waals surface area contributed by atoms with E-state index in [2.05, 4.69) is 20.3 Å². The van der Waals surface area contributed by atoms with Crippen molar-refractivity contribution in [1.29, 1.82) is 0 Å². The van der Waals surface area contributed by atoms with Gasteiger partial charge in [-0.25, -0.2) is 19.7 Å². The third-order valence-corrected chi connectivity index (χ3v) is 7.63. The maximum absolute atomic E-state index is 12.6. The van der Waals surface area contributed by atoms with Crippen LogP contribution >= 0.6 is 46.0 Å². The van der Waals surface area contributed by atoms with Crippen molar-refractivity contribution in [3.8, 4) is 11.1 Å². The Morgan fingerprint density at radius 1 is 1.21 bits per heavy atom. The summed E-state index contributed by atoms with van der Waals surface area (Å²) in [5, 5.41) is 7.47. The van der Waals surface area contributed by atoms with Gasteiger partial charge in [-0.2, -0.15) is 0 Å². The second kappa shape index (κ2) is 10.8. The van der Waals surface area contributed by atoms with Crippen LogP contribution in [0.25, 0.3) is 21.3 Å². The molecule has 0 aliphatic rings. The molecule has 3 heterocycles. The number of esters is 1. The number of thiophene rings is 1. The second-order valence-electron chi connectivity index (χ2n) is 7.77. The molecular formula is C23H21ClN4O3S3. The molecule has 0 saturated carbocycles. The lowest BCUT2D eigenvalue weighted by atomic mass is 10.1. The maximum Gasteiger partial charge on any atom is 0.358 e. The second-order valence-corrected chi connectivity index (χ2v) is 11.2. The normalized spacial score (nSPS) is 11.2. The highest BCUT2D eigenvalue weighted by molar-refractivity contribution is 8.00. The molecule has 0 atom stereocenters. The summed E-state index contributed by atoms with van der Waals surface area (Å²) in [4.78, 5) is 39.4. The first-order valence-electron chi connectivity index (χ1n) is 10.4. The van der Waals surface area contributed by atoms with E-state index >= 15 is 0 Å². The lowest BCUT2D eigenvalue weighted by molar-refractivity contribution is -0.113. The van der Waals surface area contributed by atoms with Gasteiger partial charge in [0.05, 0.1) is 17.7 Å². The van der Waals surface area contributed by atoms with Crippen LogP contribution in [0, 0.1) is 12.8 Å². The van der Waals surface area contributed by atoms with Gasteiger partial charge in [0.25, 0.3) is 0 Å². The van der Waals surface area contributed by atoms with E-state index in [9.17, 15) is 9.59 Å². The maximum atomic E-state index is 12.6. The van der Waals surface area contributed by atoms with E-state index in [-0.39, 0.29) is 23.3 Å². The van der Waals surface area contributed by atoms with Gasteiger partial charge in [-0.05, 0) is 30.5 Å². The summed E-state index contributed by atoms with van der Waals surface area (Å²) < 4.78 is 5.25. The SMILES string of the molecule is Cc1sc(NC(=O)CSc2ncnc3scc(-c4ccc(Cl)cc4)c23)nc1C(=O)OCC(C)C. The smallest absolute Gasteiger partial charge is 0.358 e. The van der Waals surface area contributed by atoms with Crippen molar-refractivity contribution in [2.75, 3.05) is 17.7 Å². The van der Waals surface area contributed by atoms with Crippen molar-refractivity contribution in [3.63, 3.8) is 0 Å². The van der Waals surface area contributed by atoms with E-state index in [1.807, 2.05) is 43.5 Å². The summed E-state index contributed by atoms with van der Waals surface area (Å²) in [6.45, 7) is 6.03. The van der Waals surface area contributed by atoms with Crippen LogP contribution in [0.1, 0.15) is 29.2 Å². The van der Waals surface area contributed by atoms with Gasteiger partial charge in [0.2, 0.25) is 5.91 Å². The number of halogens is 1. The van der Waals surface area contributed by atoms with E-state index in [0.717, 1.165) is 26.4 Å². The number of ether oxygens (including phenoxy) is 1. The monoisotopic (exact) mass is 532 g/mol. The topological polar surface area (TPSA) is 94.1 Å². The first-order valence-corrected chi connectivity index (χ1v) is 13.4. The number of anilines is 1. The molecule has 0 bridgehead atoms. The van der Waals surface area contributed by atoms with Crippen molar-refractivity contribution >= 4 is 73.3 Å². The Morgan fingerprint density at radius 2 is 1.97 bits per heavy atom. The first kappa shape index (κ1) is 24.6. The summed E-state index contributed by atoms with van der Waals surface area (Å²) in [6, 6.07) is 7.58. The third kappa shape index (κ3) is 5.75. The minimum absolute atomic E-state index is 0.133. The molecule has 0 saturated heterocycles. The van der Waals surface area contributed by atoms with Gasteiger partial charge in [0.15, 0.2) is 10.8 Å². The van der Waals surface area contributed by atoms with Gasteiger partial charge in [-0.3, -0.25) is 4.79 Å². The molecule has 3 aromatic heterocycles. The molecule has 0 unspecified atom stereocenters. The number of carbonyl (C=O) groups is 2. The molecule has 0 spiro atoms. The fraction of sp³-hybridized carbons (Fsp3) is 0.261. The highest BCUT2D eigenvalue weighted by Gasteiger charge is 2.19. The van der Waals surface area contributed by atoms with Gasteiger partial charge in [0.1, 0.15) is 16.2 Å². The number of fused-ring (bicyclic) bond motifs is 1. The minimum Gasteiger partial charge on any atom is -0.461 e. The Hall–Kier alpha value is -2.53. The summed E-state index contributed by atoms with van der Waals surface area (Å²) >= 11 is 10.1. The average molecular weight is 533 g/mol. The fourth-order valence-corrected chi connectivity index (χ4v) is 5.77. The van der Waals surface area contributed by atoms with Gasteiger partial charge in [0, 0.05) is 20.8 Å². The lowest BCUT2D eigenvalue weighted by Crippen LogP contribution is -2.15. The van der Waals surface area contributed by atoms with E-state index < -0.39 is 5.97 Å². The molecule has 7 nitrogen and oxygen atoms in total. The molecule has 0 aliphatic heterocycles. The number of thioether (sulfide) groups is 1. The molecule has 11 heteroatoms. The molecule has 1 N–H and O–H groups in total. The number of amides is 1. The Bertz CT molecular complexity index is 1340. The Balaban J connectivity index is 1.45. The summed E-state index contributed by atoms with van der Waals surface area (Å²) in [5.74, 6) is -0.354. The van der Waals surface area contributed by atoms with Crippen LogP contribution in [0.15, 0.2) is 41.0 Å². The van der Waals surface area contributed by atoms with E-state index in [0.29, 0.717) is 21.6 Å². The molecule has 1 amide bonds. The largest absolute Gasteiger partial charge is 0.461 e. The highest BCUT2D eigenvalue weighted by Crippen LogP contribution is 2.38. The number of aromatic nitrogens is 3. The molecule has 0 aliphatic carbocycles. The minimum atomic E-state index is -0.479. The van der Waals surface area contributed by atoms with E-state index in [4.69, 9.17) is 16.3 Å². The lowest BCUT2D eigenvalue weighted by Gasteiger charge is -2.06. The van der Waals surface area contributed by atoms with Gasteiger partial charge >= 0.3 is 5.97 Å². The Labute approximate surface area is 213 Å². The number of rotatable bonds is 8. The number of hydrogen-bond acceptors (Lipinski definition) is 9. The quantitative estimate of drug-likeness (QED) is 0.161. The number of aryl methyl sites for hydroxylation is 1. The number of thiazole rings is 1. The molecule has 1 aromatic carbocycles. The summed E-state index contributed by atoms with van der Waals surface area (Å²) in [5.41, 5.74) is 2.24. The van der Waals surface area contributed by atoms with E-state index in [1.54, 1.807) is 6.92 Å². The average Bonchev–Trinajstić information content (AvgIpc) is 3.40. The highest BCUT2D eigenvalue weighted by atomic mass is 35.5. The van der Waals surface area contributed by atoms with Crippen molar-refractivity contribution in [3.05, 3.63) is 51.6 Å². The molecule has 0 fully saturated rings. The molecule has 34 heavy (non-hydrogen) atoms. The molecular weight excluding hydrogens is 512 g/mol.